The Hall–Kier alpha value is -7.49. The van der Waals surface area contributed by atoms with E-state index in [0.29, 0.717) is 17.7 Å². The van der Waals surface area contributed by atoms with Crippen LogP contribution in [0, 0.1) is 17.3 Å². The molecular weight excluding hydrogens is 1030 g/mol. The summed E-state index contributed by atoms with van der Waals surface area (Å²) in [4.78, 5) is 123. The van der Waals surface area contributed by atoms with Crippen LogP contribution in [0.5, 0.6) is 0 Å². The van der Waals surface area contributed by atoms with Gasteiger partial charge in [-0.3, -0.25) is 33.7 Å². The second-order valence-electron chi connectivity index (χ2n) is 22.4. The molecule has 0 aliphatic carbocycles. The average molecular weight is 1120 g/mol. The molecule has 1 aromatic heterocycles. The summed E-state index contributed by atoms with van der Waals surface area (Å²) in [5.41, 5.74) is 12.0. The van der Waals surface area contributed by atoms with Gasteiger partial charge in [-0.2, -0.15) is 0 Å². The van der Waals surface area contributed by atoms with E-state index in [-0.39, 0.29) is 63.0 Å². The molecule has 9 N–H and O–H groups in total. The van der Waals surface area contributed by atoms with Crippen LogP contribution in [0.25, 0.3) is 10.9 Å². The van der Waals surface area contributed by atoms with Crippen molar-refractivity contribution in [3.8, 4) is 0 Å². The molecule has 2 aromatic carbocycles. The van der Waals surface area contributed by atoms with Crippen molar-refractivity contribution >= 4 is 70.2 Å². The Morgan fingerprint density at radius 2 is 1.38 bits per heavy atom. The van der Waals surface area contributed by atoms with Gasteiger partial charge in [0, 0.05) is 67.9 Å². The highest BCUT2D eigenvalue weighted by atomic mass is 16.6. The van der Waals surface area contributed by atoms with Gasteiger partial charge in [-0.1, -0.05) is 98.7 Å². The van der Waals surface area contributed by atoms with Crippen LogP contribution in [0.1, 0.15) is 120 Å². The molecule has 1 unspecified atom stereocenters. The number of carbonyl (C=O) groups excluding carboxylic acids is 9. The lowest BCUT2D eigenvalue weighted by atomic mass is 9.76. The number of nitrogens with two attached hydrogens (primary N) is 2. The Morgan fingerprint density at radius 1 is 0.750 bits per heavy atom. The van der Waals surface area contributed by atoms with Crippen LogP contribution < -0.4 is 38.1 Å². The third-order valence-corrected chi connectivity index (χ3v) is 13.9. The summed E-state index contributed by atoms with van der Waals surface area (Å²) < 4.78 is 18.0. The lowest BCUT2D eigenvalue weighted by molar-refractivity contribution is -0.148. The maximum Gasteiger partial charge on any atom is 0.410 e. The Bertz CT molecular complexity index is 2670. The van der Waals surface area contributed by atoms with Crippen molar-refractivity contribution in [3.63, 3.8) is 0 Å². The van der Waals surface area contributed by atoms with Crippen LogP contribution in [-0.4, -0.2) is 138 Å². The quantitative estimate of drug-likeness (QED) is 0.0210. The lowest BCUT2D eigenvalue weighted by Crippen LogP contribution is -2.63. The number of esters is 2. The molecular formula is C58H88N10O12. The summed E-state index contributed by atoms with van der Waals surface area (Å²) in [5, 5.41) is 14.5. The maximum atomic E-state index is 15.3. The van der Waals surface area contributed by atoms with Crippen molar-refractivity contribution in [2.75, 3.05) is 39.2 Å². The molecule has 1 heterocycles. The van der Waals surface area contributed by atoms with Gasteiger partial charge in [0.1, 0.15) is 30.8 Å². The van der Waals surface area contributed by atoms with E-state index in [0.717, 1.165) is 16.5 Å². The number of primary amides is 1. The summed E-state index contributed by atoms with van der Waals surface area (Å²) in [6.07, 6.45) is 3.00. The van der Waals surface area contributed by atoms with Gasteiger partial charge in [0.15, 0.2) is 0 Å². The van der Waals surface area contributed by atoms with E-state index in [9.17, 15) is 38.4 Å². The lowest BCUT2D eigenvalue weighted by Gasteiger charge is -2.42. The molecule has 80 heavy (non-hydrogen) atoms. The molecule has 3 rings (SSSR count). The van der Waals surface area contributed by atoms with Gasteiger partial charge in [-0.25, -0.2) is 14.4 Å². The van der Waals surface area contributed by atoms with Gasteiger partial charge >= 0.3 is 24.1 Å². The van der Waals surface area contributed by atoms with Gasteiger partial charge < -0.3 is 61.7 Å². The fraction of sp³-hybridized carbons (Fsp3) is 0.569. The van der Waals surface area contributed by atoms with Crippen LogP contribution in [0.2, 0.25) is 0 Å². The Labute approximate surface area is 471 Å². The number of likely N-dealkylation sites (N-methyl/N-ethyl adjacent to an activating group) is 2. The van der Waals surface area contributed by atoms with Gasteiger partial charge in [-0.05, 0) is 86.6 Å². The molecule has 3 aromatic rings. The standard InChI is InChI=1S/C58H88N10O12/c1-16-78-45(69)29-28-42(54(75)79-17-2)64-49(70)36(7)31-44(34(3)4)67(14)53(74)47(57(8,9)10)65-52(73)48(58(11,12)40-32-66(13)43-23-19-18-21-39(40)43)68(15)56(77)80-33-37-24-26-38(27-25-37)62-50(71)41(22-20-30-61-55(60)76)63-51(72)46(59)35(5)6/h18-19,21,23-27,31-32,34-35,41-42,44,46-48H,16-17,20,22,28-30,33,59H2,1-15H3,(H,62,71)(H,63,72)(H,64,70)(H,65,73)(H3,60,61,76)/b36-31+/t41-,42+,44+,46?,47+,48+/m0/s1. The number of hydrogen-bond acceptors (Lipinski definition) is 13. The zero-order valence-corrected chi connectivity index (χ0v) is 49.4. The summed E-state index contributed by atoms with van der Waals surface area (Å²) >= 11 is 0. The third kappa shape index (κ3) is 18.8. The number of carbonyl (C=O) groups is 9. The number of anilines is 1. The fourth-order valence-corrected chi connectivity index (χ4v) is 9.18. The van der Waals surface area contributed by atoms with Gasteiger partial charge in [-0.15, -0.1) is 0 Å². The molecule has 22 heteroatoms. The first-order valence-corrected chi connectivity index (χ1v) is 27.2. The zero-order valence-electron chi connectivity index (χ0n) is 49.4. The highest BCUT2D eigenvalue weighted by molar-refractivity contribution is 5.99. The number of rotatable bonds is 28. The Kier molecular flexibility index (Phi) is 25.2. The molecule has 22 nitrogen and oxygen atoms in total. The molecule has 0 radical (unpaired) electrons. The van der Waals surface area contributed by atoms with Crippen molar-refractivity contribution in [2.24, 2.45) is 35.8 Å². The number of ether oxygens (including phenoxy) is 3. The van der Waals surface area contributed by atoms with Gasteiger partial charge in [0.05, 0.1) is 25.3 Å². The zero-order chi connectivity index (χ0) is 60.4. The first-order valence-electron chi connectivity index (χ1n) is 27.2. The second-order valence-corrected chi connectivity index (χ2v) is 22.4. The van der Waals surface area contributed by atoms with Crippen LogP contribution >= 0.6 is 0 Å². The second kappa shape index (κ2) is 30.2. The molecule has 0 bridgehead atoms. The molecule has 0 fully saturated rings. The molecule has 0 aliphatic rings. The number of aromatic nitrogens is 1. The van der Waals surface area contributed by atoms with Crippen molar-refractivity contribution in [1.82, 2.24) is 35.6 Å². The highest BCUT2D eigenvalue weighted by Gasteiger charge is 2.46. The van der Waals surface area contributed by atoms with Crippen molar-refractivity contribution in [3.05, 3.63) is 77.5 Å². The van der Waals surface area contributed by atoms with E-state index in [1.165, 1.54) is 16.8 Å². The molecule has 442 valence electrons. The minimum Gasteiger partial charge on any atom is -0.466 e. The highest BCUT2D eigenvalue weighted by Crippen LogP contribution is 2.37. The predicted octanol–water partition coefficient (Wildman–Crippen LogP) is 5.30. The molecule has 0 saturated carbocycles. The summed E-state index contributed by atoms with van der Waals surface area (Å²) in [6, 6.07) is 7.34. The number of nitrogens with zero attached hydrogens (tertiary/aromatic N) is 3. The third-order valence-electron chi connectivity index (χ3n) is 13.9. The van der Waals surface area contributed by atoms with E-state index in [1.807, 2.05) is 69.8 Å². The van der Waals surface area contributed by atoms with E-state index in [2.05, 4.69) is 26.6 Å². The number of amides is 8. The van der Waals surface area contributed by atoms with Crippen molar-refractivity contribution in [2.45, 2.75) is 157 Å². The molecule has 0 saturated heterocycles. The monoisotopic (exact) mass is 1120 g/mol. The average Bonchev–Trinajstić information content (AvgIpc) is 3.75. The fourth-order valence-electron chi connectivity index (χ4n) is 9.18. The van der Waals surface area contributed by atoms with Crippen LogP contribution in [0.15, 0.2) is 66.4 Å². The minimum absolute atomic E-state index is 0.0545. The molecule has 0 aliphatic heterocycles. The van der Waals surface area contributed by atoms with Gasteiger partial charge in [0.2, 0.25) is 29.5 Å². The van der Waals surface area contributed by atoms with Crippen molar-refractivity contribution < 1.29 is 57.4 Å². The topological polar surface area (TPSA) is 305 Å². The minimum atomic E-state index is -1.28. The SMILES string of the molecule is CCOC(=O)CC[C@@H](NC(=O)/C(C)=C/[C@H](C(C)C)N(C)C(=O)[C@@H](NC(=O)[C@@H](N(C)C(=O)OCc1ccc(NC(=O)[C@H](CCCNC(N)=O)NC(=O)C(N)C(C)C)cc1)C(C)(C)c1cn(C)c2ccccc12)C(C)(C)C)C(=O)OCC. The van der Waals surface area contributed by atoms with Crippen molar-refractivity contribution in [1.29, 1.82) is 0 Å². The number of nitrogens with one attached hydrogen (secondary N) is 5. The number of urea groups is 1. The first kappa shape index (κ1) is 66.8. The van der Waals surface area contributed by atoms with Crippen LogP contribution in [0.4, 0.5) is 15.3 Å². The van der Waals surface area contributed by atoms with E-state index in [1.54, 1.807) is 92.8 Å². The maximum absolute atomic E-state index is 15.3. The molecule has 8 amide bonds. The van der Waals surface area contributed by atoms with E-state index < -0.39 is 101 Å². The predicted molar refractivity (Wildman–Crippen MR) is 305 cm³/mol. The largest absolute Gasteiger partial charge is 0.466 e. The van der Waals surface area contributed by atoms with Gasteiger partial charge in [0.25, 0.3) is 0 Å². The van der Waals surface area contributed by atoms with E-state index >= 15 is 4.79 Å². The molecule has 6 atom stereocenters. The molecule has 0 spiro atoms. The normalized spacial score (nSPS) is 14.2. The number of fused-ring (bicyclic) bond motifs is 1. The smallest absolute Gasteiger partial charge is 0.410 e. The summed E-state index contributed by atoms with van der Waals surface area (Å²) in [6.45, 7) is 21.4. The number of hydrogen-bond donors (Lipinski definition) is 7. The van der Waals surface area contributed by atoms with Crippen LogP contribution in [0.3, 0.4) is 0 Å². The summed E-state index contributed by atoms with van der Waals surface area (Å²) in [7, 11) is 4.93. The van der Waals surface area contributed by atoms with Crippen LogP contribution in [-0.2, 0) is 66.8 Å². The Morgan fingerprint density at radius 3 is 1.95 bits per heavy atom. The number of para-hydroxylation sites is 1. The summed E-state index contributed by atoms with van der Waals surface area (Å²) in [5.74, 6) is -4.44. The number of aryl methyl sites for hydroxylation is 1. The van der Waals surface area contributed by atoms with E-state index in [4.69, 9.17) is 25.7 Å². The Balaban J connectivity index is 1.95. The number of benzene rings is 2. The first-order chi connectivity index (χ1) is 37.4.